The topological polar surface area (TPSA) is 111 Å². The lowest BCUT2D eigenvalue weighted by atomic mass is 10.1. The Morgan fingerprint density at radius 2 is 2.07 bits per heavy atom. The quantitative estimate of drug-likeness (QED) is 0.215. The maximum absolute atomic E-state index is 12.7. The number of likely N-dealkylation sites (N-methyl/N-ethyl adjacent to an activating group) is 1. The number of nitrogens with zero attached hydrogens (tertiary/aromatic N) is 6. The van der Waals surface area contributed by atoms with Crippen LogP contribution in [0.2, 0.25) is 0 Å². The minimum atomic E-state index is -0.275. The molecular formula is C32H34N8O2. The zero-order valence-electron chi connectivity index (χ0n) is 24.3. The summed E-state index contributed by atoms with van der Waals surface area (Å²) in [5.41, 5.74) is 4.82. The van der Waals surface area contributed by atoms with Gasteiger partial charge >= 0.3 is 0 Å². The number of fused-ring (bicyclic) bond motifs is 1. The minimum absolute atomic E-state index is 0.275. The second kappa shape index (κ2) is 12.2. The van der Waals surface area contributed by atoms with Gasteiger partial charge in [-0.3, -0.25) is 4.79 Å². The van der Waals surface area contributed by atoms with Crippen molar-refractivity contribution in [3.63, 3.8) is 0 Å². The molecule has 2 N–H and O–H groups in total. The number of para-hydroxylation sites is 1. The van der Waals surface area contributed by atoms with E-state index in [0.29, 0.717) is 40.4 Å². The Bertz CT molecular complexity index is 1720. The van der Waals surface area contributed by atoms with Crippen molar-refractivity contribution in [2.24, 2.45) is 7.05 Å². The number of ether oxygens (including phenoxy) is 1. The molecule has 5 rings (SSSR count). The largest absolute Gasteiger partial charge is 0.494 e. The van der Waals surface area contributed by atoms with E-state index in [4.69, 9.17) is 9.72 Å². The van der Waals surface area contributed by atoms with Crippen molar-refractivity contribution in [3.8, 4) is 23.1 Å². The van der Waals surface area contributed by atoms with Crippen molar-refractivity contribution in [1.29, 1.82) is 5.26 Å². The number of hydrogen-bond acceptors (Lipinski definition) is 8. The predicted octanol–water partition coefficient (Wildman–Crippen LogP) is 5.08. The number of nitriles is 1. The highest BCUT2D eigenvalue weighted by atomic mass is 16.5. The number of carbonyl (C=O) groups excluding carboxylic acids is 1. The van der Waals surface area contributed by atoms with Crippen LogP contribution in [-0.2, 0) is 11.8 Å². The van der Waals surface area contributed by atoms with Crippen LogP contribution in [0.5, 0.6) is 5.75 Å². The van der Waals surface area contributed by atoms with Crippen LogP contribution in [0.3, 0.4) is 0 Å². The molecule has 1 aliphatic heterocycles. The number of hydrogen-bond donors (Lipinski definition) is 2. The molecule has 0 unspecified atom stereocenters. The number of aromatic nitrogens is 3. The first-order valence-electron chi connectivity index (χ1n) is 13.6. The standard InChI is InChI=1S/C32H34N8O2/c1-6-7-12-30(41)35-25-15-26(29(42-5)16-28(25)40-14-13-22(19-40)38(2)3)36-32-34-18-21(17-33)31(37-32)24-20-39(4)27-11-9-8-10-23(24)27/h6-12,15-16,18,20,22H,1,13-14,19H2,2-5H3,(H,35,41)(H,34,36,37)/b12-7-/t22-/m1/s1. The number of benzene rings is 2. The lowest BCUT2D eigenvalue weighted by Crippen LogP contribution is -2.31. The van der Waals surface area contributed by atoms with Crippen molar-refractivity contribution in [3.05, 3.63) is 79.2 Å². The number of anilines is 4. The first kappa shape index (κ1) is 28.4. The summed E-state index contributed by atoms with van der Waals surface area (Å²) in [6, 6.07) is 14.4. The molecule has 0 aliphatic carbocycles. The lowest BCUT2D eigenvalue weighted by Gasteiger charge is -2.25. The van der Waals surface area contributed by atoms with E-state index >= 15 is 0 Å². The van der Waals surface area contributed by atoms with Gasteiger partial charge in [0, 0.05) is 61.0 Å². The van der Waals surface area contributed by atoms with Gasteiger partial charge in [0.2, 0.25) is 11.9 Å². The molecule has 0 radical (unpaired) electrons. The number of amides is 1. The average Bonchev–Trinajstić information content (AvgIpc) is 3.62. The Morgan fingerprint density at radius 3 is 2.79 bits per heavy atom. The SMILES string of the molecule is C=C/C=C\C(=O)Nc1cc(Nc2ncc(C#N)c(-c3cn(C)c4ccccc34)n2)c(OC)cc1N1CC[C@@H](N(C)C)C1. The molecule has 1 fully saturated rings. The van der Waals surface area contributed by atoms with Crippen LogP contribution in [0.1, 0.15) is 12.0 Å². The van der Waals surface area contributed by atoms with Gasteiger partial charge in [0.05, 0.1) is 41.6 Å². The summed E-state index contributed by atoms with van der Waals surface area (Å²) in [6.07, 6.45) is 9.07. The molecule has 1 saturated heterocycles. The Hall–Kier alpha value is -5.14. The molecule has 0 saturated carbocycles. The van der Waals surface area contributed by atoms with E-state index < -0.39 is 0 Å². The zero-order valence-corrected chi connectivity index (χ0v) is 24.3. The van der Waals surface area contributed by atoms with Gasteiger partial charge < -0.3 is 29.7 Å². The van der Waals surface area contributed by atoms with Gasteiger partial charge in [0.15, 0.2) is 0 Å². The second-order valence-electron chi connectivity index (χ2n) is 10.4. The normalized spacial score (nSPS) is 14.9. The Morgan fingerprint density at radius 1 is 1.26 bits per heavy atom. The summed E-state index contributed by atoms with van der Waals surface area (Å²) >= 11 is 0. The van der Waals surface area contributed by atoms with Crippen molar-refractivity contribution < 1.29 is 9.53 Å². The lowest BCUT2D eigenvalue weighted by molar-refractivity contribution is -0.111. The summed E-state index contributed by atoms with van der Waals surface area (Å²) < 4.78 is 7.80. The van der Waals surface area contributed by atoms with E-state index in [-0.39, 0.29) is 5.91 Å². The second-order valence-corrected chi connectivity index (χ2v) is 10.4. The van der Waals surface area contributed by atoms with E-state index in [1.165, 1.54) is 12.3 Å². The van der Waals surface area contributed by atoms with E-state index in [1.807, 2.05) is 54.2 Å². The van der Waals surface area contributed by atoms with E-state index in [1.54, 1.807) is 19.3 Å². The fourth-order valence-electron chi connectivity index (χ4n) is 5.29. The van der Waals surface area contributed by atoms with Crippen molar-refractivity contribution in [2.75, 3.05) is 49.8 Å². The van der Waals surface area contributed by atoms with Crippen LogP contribution in [0.4, 0.5) is 23.0 Å². The summed E-state index contributed by atoms with van der Waals surface area (Å²) in [5, 5.41) is 17.1. The average molecular weight is 563 g/mol. The molecular weight excluding hydrogens is 528 g/mol. The highest BCUT2D eigenvalue weighted by Crippen LogP contribution is 2.40. The van der Waals surface area contributed by atoms with Crippen LogP contribution in [-0.4, -0.2) is 65.7 Å². The fourth-order valence-corrected chi connectivity index (χ4v) is 5.29. The highest BCUT2D eigenvalue weighted by Gasteiger charge is 2.27. The van der Waals surface area contributed by atoms with Crippen molar-refractivity contribution in [1.82, 2.24) is 19.4 Å². The summed E-state index contributed by atoms with van der Waals surface area (Å²) in [6.45, 7) is 5.31. The van der Waals surface area contributed by atoms with Crippen molar-refractivity contribution in [2.45, 2.75) is 12.5 Å². The molecule has 3 heterocycles. The molecule has 42 heavy (non-hydrogen) atoms. The first-order valence-corrected chi connectivity index (χ1v) is 13.6. The maximum Gasteiger partial charge on any atom is 0.248 e. The van der Waals surface area contributed by atoms with Gasteiger partial charge in [-0.05, 0) is 32.6 Å². The number of aryl methyl sites for hydroxylation is 1. The third-order valence-corrected chi connectivity index (χ3v) is 7.50. The monoisotopic (exact) mass is 562 g/mol. The number of nitrogens with one attached hydrogen (secondary N) is 2. The zero-order chi connectivity index (χ0) is 29.8. The molecule has 1 aliphatic rings. The van der Waals surface area contributed by atoms with Crippen LogP contribution in [0, 0.1) is 11.3 Å². The van der Waals surface area contributed by atoms with Crippen LogP contribution >= 0.6 is 0 Å². The van der Waals surface area contributed by atoms with Crippen LogP contribution in [0.15, 0.2) is 73.6 Å². The van der Waals surface area contributed by atoms with Gasteiger partial charge in [-0.15, -0.1) is 0 Å². The predicted molar refractivity (Wildman–Crippen MR) is 167 cm³/mol. The third kappa shape index (κ3) is 5.68. The Kier molecular flexibility index (Phi) is 8.22. The van der Waals surface area contributed by atoms with Gasteiger partial charge in [-0.25, -0.2) is 9.97 Å². The molecule has 0 spiro atoms. The molecule has 0 bridgehead atoms. The van der Waals surface area contributed by atoms with Crippen LogP contribution < -0.4 is 20.3 Å². The van der Waals surface area contributed by atoms with E-state index in [0.717, 1.165) is 41.7 Å². The number of rotatable bonds is 9. The molecule has 10 nitrogen and oxygen atoms in total. The molecule has 1 atom stereocenters. The smallest absolute Gasteiger partial charge is 0.248 e. The minimum Gasteiger partial charge on any atom is -0.494 e. The highest BCUT2D eigenvalue weighted by molar-refractivity contribution is 6.03. The third-order valence-electron chi connectivity index (χ3n) is 7.50. The molecule has 2 aromatic carbocycles. The first-order chi connectivity index (χ1) is 20.3. The summed E-state index contributed by atoms with van der Waals surface area (Å²) in [5.74, 6) is 0.585. The molecule has 10 heteroatoms. The van der Waals surface area contributed by atoms with Crippen LogP contribution in [0.25, 0.3) is 22.2 Å². The molecule has 4 aromatic rings. The Balaban J connectivity index is 1.55. The molecule has 1 amide bonds. The Labute approximate surface area is 245 Å². The molecule has 2 aromatic heterocycles. The van der Waals surface area contributed by atoms with Crippen molar-refractivity contribution >= 4 is 39.8 Å². The number of methoxy groups -OCH3 is 1. The summed E-state index contributed by atoms with van der Waals surface area (Å²) in [4.78, 5) is 26.4. The van der Waals surface area contributed by atoms with Gasteiger partial charge in [0.25, 0.3) is 0 Å². The fraction of sp³-hybridized carbons (Fsp3) is 0.250. The number of carbonyl (C=O) groups is 1. The molecule has 214 valence electrons. The number of allylic oxidation sites excluding steroid dienone is 2. The van der Waals surface area contributed by atoms with Gasteiger partial charge in [-0.2, -0.15) is 5.26 Å². The van der Waals surface area contributed by atoms with E-state index in [2.05, 4.69) is 52.2 Å². The van der Waals surface area contributed by atoms with Gasteiger partial charge in [-0.1, -0.05) is 36.9 Å². The maximum atomic E-state index is 12.7. The van der Waals surface area contributed by atoms with Gasteiger partial charge in [0.1, 0.15) is 11.8 Å². The summed E-state index contributed by atoms with van der Waals surface area (Å²) in [7, 11) is 7.72. The van der Waals surface area contributed by atoms with E-state index in [9.17, 15) is 10.1 Å².